The largest absolute Gasteiger partial charge is 0.392 e. The molecule has 0 radical (unpaired) electrons. The van der Waals surface area contributed by atoms with E-state index in [1.165, 1.54) is 83.5 Å². The van der Waals surface area contributed by atoms with E-state index in [2.05, 4.69) is 6.92 Å². The first kappa shape index (κ1) is 25.5. The Labute approximate surface area is 152 Å². The number of aliphatic hydroxyl groups is 1. The molecule has 0 bridgehead atoms. The quantitative estimate of drug-likeness (QED) is 0.299. The van der Waals surface area contributed by atoms with Gasteiger partial charge < -0.3 is 10.8 Å². The zero-order chi connectivity index (χ0) is 16.5. The van der Waals surface area contributed by atoms with Crippen LogP contribution in [0.5, 0.6) is 0 Å². The highest BCUT2D eigenvalue weighted by molar-refractivity contribution is 5.85. The van der Waals surface area contributed by atoms with Gasteiger partial charge in [0.25, 0.3) is 0 Å². The lowest BCUT2D eigenvalue weighted by molar-refractivity contribution is 0.129. The number of unbranched alkanes of at least 4 members (excludes halogenated alkanes) is 13. The van der Waals surface area contributed by atoms with E-state index in [1.807, 2.05) is 6.92 Å². The van der Waals surface area contributed by atoms with Gasteiger partial charge in [0.1, 0.15) is 0 Å². The Morgan fingerprint density at radius 2 is 1.00 bits per heavy atom. The lowest BCUT2D eigenvalue weighted by atomic mass is 10.0. The third-order valence-electron chi connectivity index (χ3n) is 4.82. The van der Waals surface area contributed by atoms with Crippen LogP contribution in [0, 0.1) is 0 Å². The molecule has 3 heteroatoms. The van der Waals surface area contributed by atoms with Crippen LogP contribution in [0.25, 0.3) is 0 Å². The number of hydrogen-bond acceptors (Lipinski definition) is 2. The van der Waals surface area contributed by atoms with Crippen LogP contribution < -0.4 is 5.73 Å². The molecular weight excluding hydrogens is 306 g/mol. The Hall–Kier alpha value is 0.210. The highest BCUT2D eigenvalue weighted by atomic mass is 35.5. The fraction of sp³-hybridized carbons (Fsp3) is 1.00. The molecule has 0 aromatic rings. The van der Waals surface area contributed by atoms with E-state index in [0.717, 1.165) is 19.3 Å². The summed E-state index contributed by atoms with van der Waals surface area (Å²) < 4.78 is 0. The van der Waals surface area contributed by atoms with E-state index >= 15 is 0 Å². The molecule has 142 valence electrons. The van der Waals surface area contributed by atoms with Crippen molar-refractivity contribution in [3.05, 3.63) is 0 Å². The number of rotatable bonds is 17. The summed E-state index contributed by atoms with van der Waals surface area (Å²) in [6.45, 7) is 4.32. The van der Waals surface area contributed by atoms with Gasteiger partial charge in [-0.15, -0.1) is 12.4 Å². The summed E-state index contributed by atoms with van der Waals surface area (Å²) >= 11 is 0. The number of halogens is 1. The predicted octanol–water partition coefficient (Wildman–Crippen LogP) is 6.38. The molecule has 0 amide bonds. The molecule has 0 aliphatic heterocycles. The fourth-order valence-electron chi connectivity index (χ4n) is 3.03. The molecule has 0 unspecified atom stereocenters. The Balaban J connectivity index is 0. The zero-order valence-electron chi connectivity index (χ0n) is 15.9. The van der Waals surface area contributed by atoms with Crippen molar-refractivity contribution in [1.29, 1.82) is 0 Å². The SMILES string of the molecule is CCCCCCCCCCCCCCCC[C@@H](O)[C@@H](N)CC.Cl. The average molecular weight is 350 g/mol. The second kappa shape index (κ2) is 20.3. The molecule has 2 nitrogen and oxygen atoms in total. The first-order valence-corrected chi connectivity index (χ1v) is 10.2. The highest BCUT2D eigenvalue weighted by Gasteiger charge is 2.11. The molecule has 0 aliphatic rings. The summed E-state index contributed by atoms with van der Waals surface area (Å²) in [6, 6.07) is -0.0260. The molecule has 2 atom stereocenters. The monoisotopic (exact) mass is 349 g/mol. The topological polar surface area (TPSA) is 46.2 Å². The first-order valence-electron chi connectivity index (χ1n) is 10.2. The maximum Gasteiger partial charge on any atom is 0.0691 e. The third kappa shape index (κ3) is 18.4. The molecular formula is C20H44ClNO. The predicted molar refractivity (Wildman–Crippen MR) is 106 cm³/mol. The first-order chi connectivity index (χ1) is 10.7. The summed E-state index contributed by atoms with van der Waals surface area (Å²) in [4.78, 5) is 0. The van der Waals surface area contributed by atoms with Crippen LogP contribution in [0.15, 0.2) is 0 Å². The maximum atomic E-state index is 9.78. The van der Waals surface area contributed by atoms with Crippen molar-refractivity contribution in [2.75, 3.05) is 0 Å². The van der Waals surface area contributed by atoms with Crippen molar-refractivity contribution in [2.45, 2.75) is 129 Å². The number of hydrogen-bond donors (Lipinski definition) is 2. The van der Waals surface area contributed by atoms with E-state index in [1.54, 1.807) is 0 Å². The Morgan fingerprint density at radius 1 is 0.652 bits per heavy atom. The van der Waals surface area contributed by atoms with Gasteiger partial charge in [-0.2, -0.15) is 0 Å². The molecule has 0 aromatic carbocycles. The zero-order valence-corrected chi connectivity index (χ0v) is 16.7. The lowest BCUT2D eigenvalue weighted by Gasteiger charge is -2.16. The highest BCUT2D eigenvalue weighted by Crippen LogP contribution is 2.14. The molecule has 0 aromatic heterocycles. The van der Waals surface area contributed by atoms with Gasteiger partial charge in [-0.05, 0) is 12.8 Å². The molecule has 23 heavy (non-hydrogen) atoms. The lowest BCUT2D eigenvalue weighted by Crippen LogP contribution is -2.33. The Morgan fingerprint density at radius 3 is 1.35 bits per heavy atom. The van der Waals surface area contributed by atoms with Crippen LogP contribution in [0.2, 0.25) is 0 Å². The maximum absolute atomic E-state index is 9.78. The molecule has 0 saturated heterocycles. The minimum atomic E-state index is -0.290. The molecule has 0 fully saturated rings. The summed E-state index contributed by atoms with van der Waals surface area (Å²) in [5, 5.41) is 9.78. The molecule has 0 saturated carbocycles. The number of nitrogens with two attached hydrogens (primary N) is 1. The summed E-state index contributed by atoms with van der Waals surface area (Å²) in [5.41, 5.74) is 5.82. The third-order valence-corrected chi connectivity index (χ3v) is 4.82. The Kier molecular flexibility index (Phi) is 22.4. The van der Waals surface area contributed by atoms with Crippen LogP contribution in [0.1, 0.15) is 117 Å². The van der Waals surface area contributed by atoms with Crippen molar-refractivity contribution in [2.24, 2.45) is 5.73 Å². The second-order valence-corrected chi connectivity index (χ2v) is 7.02. The van der Waals surface area contributed by atoms with Gasteiger partial charge in [0, 0.05) is 6.04 Å². The van der Waals surface area contributed by atoms with Crippen molar-refractivity contribution < 1.29 is 5.11 Å². The summed E-state index contributed by atoms with van der Waals surface area (Å²) in [5.74, 6) is 0. The van der Waals surface area contributed by atoms with Crippen LogP contribution in [-0.2, 0) is 0 Å². The Bertz CT molecular complexity index is 214. The van der Waals surface area contributed by atoms with Crippen molar-refractivity contribution in [3.8, 4) is 0 Å². The number of aliphatic hydroxyl groups excluding tert-OH is 1. The fourth-order valence-corrected chi connectivity index (χ4v) is 3.03. The summed E-state index contributed by atoms with van der Waals surface area (Å²) in [7, 11) is 0. The summed E-state index contributed by atoms with van der Waals surface area (Å²) in [6.07, 6.45) is 20.8. The average Bonchev–Trinajstić information content (AvgIpc) is 2.54. The van der Waals surface area contributed by atoms with Gasteiger partial charge >= 0.3 is 0 Å². The van der Waals surface area contributed by atoms with Crippen LogP contribution >= 0.6 is 12.4 Å². The van der Waals surface area contributed by atoms with E-state index in [-0.39, 0.29) is 24.6 Å². The van der Waals surface area contributed by atoms with E-state index in [9.17, 15) is 5.11 Å². The second-order valence-electron chi connectivity index (χ2n) is 7.02. The van der Waals surface area contributed by atoms with Crippen molar-refractivity contribution >= 4 is 12.4 Å². The van der Waals surface area contributed by atoms with Gasteiger partial charge in [-0.3, -0.25) is 0 Å². The van der Waals surface area contributed by atoms with E-state index in [4.69, 9.17) is 5.73 Å². The van der Waals surface area contributed by atoms with E-state index in [0.29, 0.717) is 0 Å². The minimum absolute atomic E-state index is 0. The van der Waals surface area contributed by atoms with Gasteiger partial charge in [0.15, 0.2) is 0 Å². The normalized spacial score (nSPS) is 13.6. The minimum Gasteiger partial charge on any atom is -0.392 e. The van der Waals surface area contributed by atoms with Crippen LogP contribution in [-0.4, -0.2) is 17.3 Å². The van der Waals surface area contributed by atoms with Crippen molar-refractivity contribution in [3.63, 3.8) is 0 Å². The van der Waals surface area contributed by atoms with E-state index < -0.39 is 0 Å². The molecule has 0 rings (SSSR count). The molecule has 3 N–H and O–H groups in total. The standard InChI is InChI=1S/C20H43NO.ClH/c1-3-5-6-7-8-9-10-11-12-13-14-15-16-17-18-20(22)19(21)4-2;/h19-20,22H,3-18,21H2,1-2H3;1H/t19-,20+;/m0./s1. The van der Waals surface area contributed by atoms with Crippen LogP contribution in [0.4, 0.5) is 0 Å². The van der Waals surface area contributed by atoms with Crippen molar-refractivity contribution in [1.82, 2.24) is 0 Å². The van der Waals surface area contributed by atoms with Gasteiger partial charge in [0.2, 0.25) is 0 Å². The molecule has 0 aliphatic carbocycles. The smallest absolute Gasteiger partial charge is 0.0691 e. The van der Waals surface area contributed by atoms with Gasteiger partial charge in [-0.25, -0.2) is 0 Å². The van der Waals surface area contributed by atoms with Gasteiger partial charge in [-0.1, -0.05) is 104 Å². The van der Waals surface area contributed by atoms with Gasteiger partial charge in [0.05, 0.1) is 6.10 Å². The molecule has 0 heterocycles. The molecule has 0 spiro atoms. The van der Waals surface area contributed by atoms with Crippen LogP contribution in [0.3, 0.4) is 0 Å².